The Morgan fingerprint density at radius 1 is 1.45 bits per heavy atom. The van der Waals surface area contributed by atoms with Crippen LogP contribution in [0.1, 0.15) is 37.4 Å². The Labute approximate surface area is 123 Å². The summed E-state index contributed by atoms with van der Waals surface area (Å²) in [4.78, 5) is 24.2. The Morgan fingerprint density at radius 3 is 2.65 bits per heavy atom. The van der Waals surface area contributed by atoms with Gasteiger partial charge in [0.05, 0.1) is 17.4 Å². The molecule has 0 spiro atoms. The van der Waals surface area contributed by atoms with Crippen LogP contribution in [0.2, 0.25) is 0 Å². The van der Waals surface area contributed by atoms with Crippen LogP contribution in [0.5, 0.6) is 0 Å². The first-order chi connectivity index (χ1) is 9.47. The molecule has 0 bridgehead atoms. The molecule has 0 saturated carbocycles. The molecule has 6 heteroatoms. The van der Waals surface area contributed by atoms with Crippen molar-refractivity contribution >= 4 is 28.9 Å². The van der Waals surface area contributed by atoms with Gasteiger partial charge in [-0.15, -0.1) is 11.3 Å². The van der Waals surface area contributed by atoms with Gasteiger partial charge in [0.15, 0.2) is 0 Å². The molecule has 0 aromatic carbocycles. The van der Waals surface area contributed by atoms with Gasteiger partial charge in [0.1, 0.15) is 0 Å². The smallest absolute Gasteiger partial charge is 0.314 e. The number of hydrogen-bond donors (Lipinski definition) is 1. The second-order valence-corrected chi connectivity index (χ2v) is 5.59. The maximum atomic E-state index is 11.9. The van der Waals surface area contributed by atoms with Crippen LogP contribution in [0, 0.1) is 11.8 Å². The summed E-state index contributed by atoms with van der Waals surface area (Å²) in [6.07, 6.45) is 0. The summed E-state index contributed by atoms with van der Waals surface area (Å²) in [6, 6.07) is 3.52. The minimum atomic E-state index is -0.446. The van der Waals surface area contributed by atoms with Crippen LogP contribution >= 0.6 is 11.3 Å². The number of esters is 1. The molecule has 0 unspecified atom stereocenters. The summed E-state index contributed by atoms with van der Waals surface area (Å²) in [6.45, 7) is 7.65. The monoisotopic (exact) mass is 296 g/mol. The van der Waals surface area contributed by atoms with Gasteiger partial charge in [-0.2, -0.15) is 5.10 Å². The van der Waals surface area contributed by atoms with Gasteiger partial charge in [-0.05, 0) is 31.2 Å². The third kappa shape index (κ3) is 4.45. The van der Waals surface area contributed by atoms with Crippen LogP contribution in [0.15, 0.2) is 22.6 Å². The normalized spacial score (nSPS) is 13.2. The van der Waals surface area contributed by atoms with E-state index >= 15 is 0 Å². The second kappa shape index (κ2) is 7.79. The Morgan fingerprint density at radius 2 is 2.15 bits per heavy atom. The van der Waals surface area contributed by atoms with E-state index in [1.54, 1.807) is 26.0 Å². The van der Waals surface area contributed by atoms with Crippen LogP contribution < -0.4 is 5.43 Å². The molecule has 1 amide bonds. The fourth-order valence-electron chi connectivity index (χ4n) is 1.83. The predicted octanol–water partition coefficient (Wildman–Crippen LogP) is 2.69. The van der Waals surface area contributed by atoms with E-state index in [0.29, 0.717) is 17.2 Å². The molecule has 20 heavy (non-hydrogen) atoms. The Hall–Kier alpha value is -1.69. The number of nitrogens with zero attached hydrogens (tertiary/aromatic N) is 1. The van der Waals surface area contributed by atoms with E-state index < -0.39 is 5.92 Å². The van der Waals surface area contributed by atoms with Crippen LogP contribution in [-0.4, -0.2) is 24.2 Å². The van der Waals surface area contributed by atoms with E-state index in [4.69, 9.17) is 4.74 Å². The van der Waals surface area contributed by atoms with E-state index in [1.807, 2.05) is 19.2 Å². The van der Waals surface area contributed by atoms with E-state index in [2.05, 4.69) is 10.5 Å². The number of ether oxygens (including phenoxy) is 1. The average Bonchev–Trinajstić information content (AvgIpc) is 2.89. The Balaban J connectivity index is 2.74. The fourth-order valence-corrected chi connectivity index (χ4v) is 2.44. The van der Waals surface area contributed by atoms with Gasteiger partial charge < -0.3 is 4.74 Å². The molecular formula is C14H20N2O3S. The Kier molecular flexibility index (Phi) is 6.38. The lowest BCUT2D eigenvalue weighted by molar-refractivity contribution is -0.146. The van der Waals surface area contributed by atoms with Crippen molar-refractivity contribution in [1.29, 1.82) is 0 Å². The lowest BCUT2D eigenvalue weighted by Gasteiger charge is -2.18. The molecule has 0 saturated heterocycles. The second-order valence-electron chi connectivity index (χ2n) is 4.65. The van der Waals surface area contributed by atoms with E-state index in [0.717, 1.165) is 0 Å². The van der Waals surface area contributed by atoms with Crippen molar-refractivity contribution < 1.29 is 14.3 Å². The fraction of sp³-hybridized carbons (Fsp3) is 0.500. The van der Waals surface area contributed by atoms with Crippen LogP contribution in [-0.2, 0) is 9.53 Å². The van der Waals surface area contributed by atoms with Gasteiger partial charge in [-0.3, -0.25) is 9.59 Å². The Bertz CT molecular complexity index is 481. The highest BCUT2D eigenvalue weighted by atomic mass is 32.1. The highest BCUT2D eigenvalue weighted by Crippen LogP contribution is 2.15. The highest BCUT2D eigenvalue weighted by Gasteiger charge is 2.26. The van der Waals surface area contributed by atoms with Gasteiger partial charge in [0.25, 0.3) is 5.91 Å². The van der Waals surface area contributed by atoms with Gasteiger partial charge in [0, 0.05) is 5.71 Å². The first-order valence-corrected chi connectivity index (χ1v) is 7.40. The van der Waals surface area contributed by atoms with E-state index in [1.165, 1.54) is 11.3 Å². The van der Waals surface area contributed by atoms with Crippen molar-refractivity contribution in [3.05, 3.63) is 22.4 Å². The lowest BCUT2D eigenvalue weighted by Crippen LogP contribution is -2.31. The molecular weight excluding hydrogens is 276 g/mol. The number of carbonyl (C=O) groups is 2. The van der Waals surface area contributed by atoms with Gasteiger partial charge in [-0.25, -0.2) is 5.43 Å². The first-order valence-electron chi connectivity index (χ1n) is 6.52. The lowest BCUT2D eigenvalue weighted by atomic mass is 9.92. The number of thiophene rings is 1. The summed E-state index contributed by atoms with van der Waals surface area (Å²) in [5.41, 5.74) is 3.01. The number of rotatable bonds is 6. The summed E-state index contributed by atoms with van der Waals surface area (Å²) in [5.74, 6) is -0.977. The van der Waals surface area contributed by atoms with Crippen LogP contribution in [0.3, 0.4) is 0 Å². The summed E-state index contributed by atoms with van der Waals surface area (Å²) in [5, 5.41) is 5.85. The molecule has 1 N–H and O–H groups in total. The molecule has 0 radical (unpaired) electrons. The number of hydrazone groups is 1. The average molecular weight is 296 g/mol. The van der Waals surface area contributed by atoms with E-state index in [9.17, 15) is 9.59 Å². The zero-order valence-electron chi connectivity index (χ0n) is 12.2. The highest BCUT2D eigenvalue weighted by molar-refractivity contribution is 7.12. The molecule has 0 aliphatic rings. The van der Waals surface area contributed by atoms with E-state index in [-0.39, 0.29) is 17.8 Å². The van der Waals surface area contributed by atoms with Crippen molar-refractivity contribution in [1.82, 2.24) is 5.43 Å². The third-order valence-electron chi connectivity index (χ3n) is 2.74. The largest absolute Gasteiger partial charge is 0.465 e. The summed E-state index contributed by atoms with van der Waals surface area (Å²) < 4.78 is 5.04. The molecule has 1 rings (SSSR count). The van der Waals surface area contributed by atoms with Crippen LogP contribution in [0.25, 0.3) is 0 Å². The van der Waals surface area contributed by atoms with Crippen molar-refractivity contribution in [3.8, 4) is 0 Å². The summed E-state index contributed by atoms with van der Waals surface area (Å²) in [7, 11) is 0. The molecule has 110 valence electrons. The number of nitrogens with one attached hydrogen (secondary N) is 1. The molecule has 0 aliphatic carbocycles. The molecule has 0 fully saturated rings. The number of amides is 1. The van der Waals surface area contributed by atoms with Crippen molar-refractivity contribution in [2.75, 3.05) is 6.61 Å². The maximum absolute atomic E-state index is 11.9. The van der Waals surface area contributed by atoms with Crippen LogP contribution in [0.4, 0.5) is 0 Å². The molecule has 1 heterocycles. The van der Waals surface area contributed by atoms with Crippen molar-refractivity contribution in [3.63, 3.8) is 0 Å². The SMILES string of the molecule is CCOC(=O)[C@H](/C(C)=N/NC(=O)c1cccs1)C(C)C. The van der Waals surface area contributed by atoms with Gasteiger partial charge in [-0.1, -0.05) is 19.9 Å². The zero-order chi connectivity index (χ0) is 15.1. The number of carbonyl (C=O) groups excluding carboxylic acids is 2. The maximum Gasteiger partial charge on any atom is 0.314 e. The molecule has 1 aromatic heterocycles. The first kappa shape index (κ1) is 16.4. The van der Waals surface area contributed by atoms with Crippen molar-refractivity contribution in [2.24, 2.45) is 16.9 Å². The molecule has 1 atom stereocenters. The van der Waals surface area contributed by atoms with Crippen molar-refractivity contribution in [2.45, 2.75) is 27.7 Å². The minimum absolute atomic E-state index is 0.0523. The standard InChI is InChI=1S/C14H20N2O3S/c1-5-19-14(18)12(9(2)3)10(4)15-16-13(17)11-7-6-8-20-11/h6-9,12H,5H2,1-4H3,(H,16,17)/b15-10+/t12-/m0/s1. The van der Waals surface area contributed by atoms with Gasteiger partial charge >= 0.3 is 5.97 Å². The number of hydrogen-bond acceptors (Lipinski definition) is 5. The molecule has 0 aliphatic heterocycles. The minimum Gasteiger partial charge on any atom is -0.465 e. The molecule has 5 nitrogen and oxygen atoms in total. The predicted molar refractivity (Wildman–Crippen MR) is 79.9 cm³/mol. The molecule has 1 aromatic rings. The zero-order valence-corrected chi connectivity index (χ0v) is 13.0. The quantitative estimate of drug-likeness (QED) is 0.498. The third-order valence-corrected chi connectivity index (χ3v) is 3.60. The van der Waals surface area contributed by atoms with Gasteiger partial charge in [0.2, 0.25) is 0 Å². The topological polar surface area (TPSA) is 67.8 Å². The summed E-state index contributed by atoms with van der Waals surface area (Å²) >= 11 is 1.34.